The molecule has 0 radical (unpaired) electrons. The first-order valence-electron chi connectivity index (χ1n) is 7.45. The molecule has 0 amide bonds. The van der Waals surface area contributed by atoms with Crippen molar-refractivity contribution in [3.05, 3.63) is 71.3 Å². The summed E-state index contributed by atoms with van der Waals surface area (Å²) in [5.74, 6) is 1.81. The van der Waals surface area contributed by atoms with Crippen LogP contribution in [0.4, 0.5) is 0 Å². The van der Waals surface area contributed by atoms with Crippen molar-refractivity contribution < 1.29 is 0 Å². The molecule has 0 nitrogen and oxygen atoms in total. The molecule has 20 heavy (non-hydrogen) atoms. The molecule has 1 saturated carbocycles. The van der Waals surface area contributed by atoms with Crippen LogP contribution in [0.15, 0.2) is 54.6 Å². The lowest BCUT2D eigenvalue weighted by atomic mass is 9.98. The molecule has 3 rings (SSSR count). The summed E-state index contributed by atoms with van der Waals surface area (Å²) in [6, 6.07) is 19.6. The molecule has 3 atom stereocenters. The van der Waals surface area contributed by atoms with Crippen molar-refractivity contribution in [2.45, 2.75) is 37.5 Å². The lowest BCUT2D eigenvalue weighted by Gasteiger charge is -2.12. The first kappa shape index (κ1) is 13.7. The summed E-state index contributed by atoms with van der Waals surface area (Å²) >= 11 is 6.68. The van der Waals surface area contributed by atoms with Crippen LogP contribution in [-0.4, -0.2) is 0 Å². The van der Waals surface area contributed by atoms with Gasteiger partial charge in [0.1, 0.15) is 0 Å². The van der Waals surface area contributed by atoms with Crippen LogP contribution in [0.3, 0.4) is 0 Å². The van der Waals surface area contributed by atoms with Gasteiger partial charge in [0.25, 0.3) is 0 Å². The van der Waals surface area contributed by atoms with E-state index in [4.69, 9.17) is 11.6 Å². The molecule has 1 heteroatoms. The zero-order chi connectivity index (χ0) is 14.1. The van der Waals surface area contributed by atoms with Gasteiger partial charge in [-0.15, -0.1) is 11.6 Å². The monoisotopic (exact) mass is 284 g/mol. The normalized spacial score (nSPS) is 22.8. The van der Waals surface area contributed by atoms with E-state index >= 15 is 0 Å². The summed E-state index contributed by atoms with van der Waals surface area (Å²) in [5.41, 5.74) is 4.08. The minimum atomic E-state index is 0.140. The molecular weight excluding hydrogens is 264 g/mol. The fourth-order valence-corrected chi connectivity index (χ4v) is 3.36. The van der Waals surface area contributed by atoms with Crippen molar-refractivity contribution in [3.8, 4) is 0 Å². The highest BCUT2D eigenvalue weighted by molar-refractivity contribution is 6.21. The molecule has 1 aliphatic rings. The maximum Gasteiger partial charge on any atom is 0.0619 e. The third kappa shape index (κ3) is 2.76. The maximum atomic E-state index is 6.68. The average molecular weight is 285 g/mol. The molecule has 1 aliphatic carbocycles. The first-order valence-corrected chi connectivity index (χ1v) is 7.89. The van der Waals surface area contributed by atoms with E-state index in [2.05, 4.69) is 68.4 Å². The second-order valence-electron chi connectivity index (χ2n) is 6.14. The van der Waals surface area contributed by atoms with Crippen molar-refractivity contribution >= 4 is 11.6 Å². The van der Waals surface area contributed by atoms with Gasteiger partial charge in [0.15, 0.2) is 0 Å². The standard InChI is InChI=1S/C19H21Cl/c1-13(2)14-8-10-16(11-9-14)19(20)18-12-17(18)15-6-4-3-5-7-15/h3-11,13,17-19H,12H2,1-2H3. The molecule has 2 aromatic rings. The fraction of sp³-hybridized carbons (Fsp3) is 0.368. The van der Waals surface area contributed by atoms with Crippen LogP contribution in [-0.2, 0) is 0 Å². The topological polar surface area (TPSA) is 0 Å². The Hall–Kier alpha value is -1.27. The van der Waals surface area contributed by atoms with E-state index in [9.17, 15) is 0 Å². The second-order valence-corrected chi connectivity index (χ2v) is 6.61. The highest BCUT2D eigenvalue weighted by Gasteiger charge is 2.43. The molecule has 0 bridgehead atoms. The molecule has 0 saturated heterocycles. The van der Waals surface area contributed by atoms with Crippen LogP contribution in [0.5, 0.6) is 0 Å². The van der Waals surface area contributed by atoms with Gasteiger partial charge in [-0.25, -0.2) is 0 Å². The highest BCUT2D eigenvalue weighted by Crippen LogP contribution is 2.56. The van der Waals surface area contributed by atoms with E-state index in [1.165, 1.54) is 23.1 Å². The number of alkyl halides is 1. The Bertz CT molecular complexity index is 556. The van der Waals surface area contributed by atoms with Gasteiger partial charge < -0.3 is 0 Å². The van der Waals surface area contributed by atoms with Crippen LogP contribution >= 0.6 is 11.6 Å². The summed E-state index contributed by atoms with van der Waals surface area (Å²) < 4.78 is 0. The van der Waals surface area contributed by atoms with Crippen molar-refractivity contribution in [1.82, 2.24) is 0 Å². The molecule has 2 aromatic carbocycles. The Balaban J connectivity index is 1.70. The summed E-state index contributed by atoms with van der Waals surface area (Å²) in [6.45, 7) is 4.44. The predicted octanol–water partition coefficient (Wildman–Crippen LogP) is 5.89. The number of halogens is 1. The van der Waals surface area contributed by atoms with Crippen molar-refractivity contribution in [2.75, 3.05) is 0 Å². The smallest absolute Gasteiger partial charge is 0.0619 e. The Kier molecular flexibility index (Phi) is 3.85. The molecule has 0 heterocycles. The minimum Gasteiger partial charge on any atom is -0.117 e. The SMILES string of the molecule is CC(C)c1ccc(C(Cl)C2CC2c2ccccc2)cc1. The lowest BCUT2D eigenvalue weighted by molar-refractivity contribution is 0.762. The zero-order valence-electron chi connectivity index (χ0n) is 12.1. The molecule has 1 fully saturated rings. The summed E-state index contributed by atoms with van der Waals surface area (Å²) in [4.78, 5) is 0. The summed E-state index contributed by atoms with van der Waals surface area (Å²) in [7, 11) is 0. The quantitative estimate of drug-likeness (QED) is 0.614. The Morgan fingerprint density at radius 3 is 2.10 bits per heavy atom. The van der Waals surface area contributed by atoms with Gasteiger partial charge in [-0.05, 0) is 40.9 Å². The molecular formula is C19H21Cl. The van der Waals surface area contributed by atoms with E-state index in [-0.39, 0.29) is 5.38 Å². The summed E-state index contributed by atoms with van der Waals surface area (Å²) in [5, 5.41) is 0.140. The van der Waals surface area contributed by atoms with E-state index < -0.39 is 0 Å². The van der Waals surface area contributed by atoms with Gasteiger partial charge in [0, 0.05) is 0 Å². The van der Waals surface area contributed by atoms with Crippen LogP contribution in [0.25, 0.3) is 0 Å². The van der Waals surface area contributed by atoms with E-state index in [0.717, 1.165) is 0 Å². The third-order valence-corrected chi connectivity index (χ3v) is 4.94. The Morgan fingerprint density at radius 2 is 1.50 bits per heavy atom. The van der Waals surface area contributed by atoms with Crippen molar-refractivity contribution in [1.29, 1.82) is 0 Å². The summed E-state index contributed by atoms with van der Waals surface area (Å²) in [6.07, 6.45) is 1.21. The Labute approximate surface area is 126 Å². The zero-order valence-corrected chi connectivity index (χ0v) is 12.8. The molecule has 0 spiro atoms. The first-order chi connectivity index (χ1) is 9.66. The van der Waals surface area contributed by atoms with Crippen molar-refractivity contribution in [3.63, 3.8) is 0 Å². The predicted molar refractivity (Wildman–Crippen MR) is 86.4 cm³/mol. The molecule has 104 valence electrons. The van der Waals surface area contributed by atoms with Gasteiger partial charge in [-0.1, -0.05) is 68.4 Å². The van der Waals surface area contributed by atoms with Crippen LogP contribution in [0.2, 0.25) is 0 Å². The number of hydrogen-bond acceptors (Lipinski definition) is 0. The van der Waals surface area contributed by atoms with Gasteiger partial charge >= 0.3 is 0 Å². The molecule has 0 aromatic heterocycles. The third-order valence-electron chi connectivity index (χ3n) is 4.36. The molecule has 0 N–H and O–H groups in total. The van der Waals surface area contributed by atoms with Crippen molar-refractivity contribution in [2.24, 2.45) is 5.92 Å². The molecule has 0 aliphatic heterocycles. The van der Waals surface area contributed by atoms with Gasteiger partial charge in [0.05, 0.1) is 5.38 Å². The van der Waals surface area contributed by atoms with Gasteiger partial charge in [-0.2, -0.15) is 0 Å². The van der Waals surface area contributed by atoms with Gasteiger partial charge in [0.2, 0.25) is 0 Å². The number of hydrogen-bond donors (Lipinski definition) is 0. The highest BCUT2D eigenvalue weighted by atomic mass is 35.5. The minimum absolute atomic E-state index is 0.140. The molecule has 3 unspecified atom stereocenters. The second kappa shape index (κ2) is 5.61. The fourth-order valence-electron chi connectivity index (χ4n) is 2.93. The van der Waals surface area contributed by atoms with E-state index in [0.29, 0.717) is 17.8 Å². The number of rotatable bonds is 4. The lowest BCUT2D eigenvalue weighted by Crippen LogP contribution is -1.96. The van der Waals surface area contributed by atoms with Crippen LogP contribution < -0.4 is 0 Å². The largest absolute Gasteiger partial charge is 0.117 e. The van der Waals surface area contributed by atoms with Crippen LogP contribution in [0.1, 0.15) is 54.2 Å². The number of benzene rings is 2. The average Bonchev–Trinajstić information content (AvgIpc) is 3.28. The Morgan fingerprint density at radius 1 is 0.900 bits per heavy atom. The van der Waals surface area contributed by atoms with E-state index in [1.807, 2.05) is 0 Å². The maximum absolute atomic E-state index is 6.68. The van der Waals surface area contributed by atoms with Crippen LogP contribution in [0, 0.1) is 5.92 Å². The van der Waals surface area contributed by atoms with E-state index in [1.54, 1.807) is 0 Å². The van der Waals surface area contributed by atoms with Gasteiger partial charge in [-0.3, -0.25) is 0 Å².